The van der Waals surface area contributed by atoms with Gasteiger partial charge in [0.15, 0.2) is 11.5 Å². The molecule has 2 heterocycles. The van der Waals surface area contributed by atoms with Gasteiger partial charge in [-0.25, -0.2) is 4.68 Å². The standard InChI is InChI=1S/C20H16ClN3O4/c1-12-2-4-14(9-15(12)21)22-19(25)10-24-20(26)7-5-16(23-24)13-3-6-17-18(8-13)28-11-27-17/h2-9H,10-11H2,1H3,(H,22,25). The molecule has 0 atom stereocenters. The molecule has 1 aliphatic rings. The number of hydrogen-bond acceptors (Lipinski definition) is 5. The second-order valence-corrected chi connectivity index (χ2v) is 6.70. The Bertz CT molecular complexity index is 1130. The highest BCUT2D eigenvalue weighted by atomic mass is 35.5. The Kier molecular flexibility index (Phi) is 4.75. The van der Waals surface area contributed by atoms with E-state index in [9.17, 15) is 9.59 Å². The van der Waals surface area contributed by atoms with E-state index in [-0.39, 0.29) is 24.8 Å². The average Bonchev–Trinajstić information content (AvgIpc) is 3.14. The smallest absolute Gasteiger partial charge is 0.267 e. The molecule has 1 N–H and O–H groups in total. The van der Waals surface area contributed by atoms with E-state index in [1.165, 1.54) is 6.07 Å². The summed E-state index contributed by atoms with van der Waals surface area (Å²) in [7, 11) is 0. The predicted octanol–water partition coefficient (Wildman–Crippen LogP) is 3.24. The molecule has 28 heavy (non-hydrogen) atoms. The molecule has 1 aromatic heterocycles. The summed E-state index contributed by atoms with van der Waals surface area (Å²) in [5.41, 5.74) is 2.39. The third-order valence-corrected chi connectivity index (χ3v) is 4.69. The molecule has 0 aliphatic carbocycles. The van der Waals surface area contributed by atoms with Crippen LogP contribution in [0, 0.1) is 6.92 Å². The van der Waals surface area contributed by atoms with E-state index in [0.717, 1.165) is 15.8 Å². The van der Waals surface area contributed by atoms with Crippen LogP contribution in [-0.4, -0.2) is 22.5 Å². The molecule has 3 aromatic rings. The van der Waals surface area contributed by atoms with Crippen LogP contribution in [0.15, 0.2) is 53.3 Å². The first-order chi connectivity index (χ1) is 13.5. The van der Waals surface area contributed by atoms with Gasteiger partial charge in [0.1, 0.15) is 6.54 Å². The van der Waals surface area contributed by atoms with Crippen LogP contribution in [0.4, 0.5) is 5.69 Å². The van der Waals surface area contributed by atoms with Crippen molar-refractivity contribution >= 4 is 23.2 Å². The molecule has 4 rings (SSSR count). The number of hydrogen-bond donors (Lipinski definition) is 1. The molecule has 0 bridgehead atoms. The van der Waals surface area contributed by atoms with Gasteiger partial charge in [-0.3, -0.25) is 9.59 Å². The van der Waals surface area contributed by atoms with E-state index in [1.54, 1.807) is 30.3 Å². The minimum atomic E-state index is -0.377. The number of halogens is 1. The number of aromatic nitrogens is 2. The number of anilines is 1. The second kappa shape index (κ2) is 7.36. The molecule has 0 spiro atoms. The Balaban J connectivity index is 1.54. The molecule has 1 aliphatic heterocycles. The molecule has 0 saturated heterocycles. The van der Waals surface area contributed by atoms with Gasteiger partial charge in [0.2, 0.25) is 12.7 Å². The van der Waals surface area contributed by atoms with Gasteiger partial charge in [0.05, 0.1) is 5.69 Å². The van der Waals surface area contributed by atoms with Gasteiger partial charge in [0.25, 0.3) is 5.56 Å². The van der Waals surface area contributed by atoms with Gasteiger partial charge in [-0.15, -0.1) is 0 Å². The highest BCUT2D eigenvalue weighted by molar-refractivity contribution is 6.31. The summed E-state index contributed by atoms with van der Waals surface area (Å²) in [4.78, 5) is 24.5. The van der Waals surface area contributed by atoms with Crippen LogP contribution in [0.25, 0.3) is 11.3 Å². The predicted molar refractivity (Wildman–Crippen MR) is 105 cm³/mol. The van der Waals surface area contributed by atoms with E-state index in [4.69, 9.17) is 21.1 Å². The minimum absolute atomic E-state index is 0.176. The van der Waals surface area contributed by atoms with Gasteiger partial charge in [-0.05, 0) is 48.9 Å². The summed E-state index contributed by atoms with van der Waals surface area (Å²) in [5.74, 6) is 0.900. The molecule has 0 fully saturated rings. The molecule has 1 amide bonds. The fraction of sp³-hybridized carbons (Fsp3) is 0.150. The first-order valence-electron chi connectivity index (χ1n) is 8.54. The van der Waals surface area contributed by atoms with Crippen LogP contribution in [0.3, 0.4) is 0 Å². The second-order valence-electron chi connectivity index (χ2n) is 6.29. The quantitative estimate of drug-likeness (QED) is 0.730. The van der Waals surface area contributed by atoms with Gasteiger partial charge < -0.3 is 14.8 Å². The van der Waals surface area contributed by atoms with Crippen molar-refractivity contribution in [2.45, 2.75) is 13.5 Å². The number of fused-ring (bicyclic) bond motifs is 1. The maximum absolute atomic E-state index is 12.3. The Hall–Kier alpha value is -3.32. The van der Waals surface area contributed by atoms with Crippen LogP contribution in [-0.2, 0) is 11.3 Å². The number of aryl methyl sites for hydroxylation is 1. The fourth-order valence-electron chi connectivity index (χ4n) is 2.78. The van der Waals surface area contributed by atoms with E-state index >= 15 is 0 Å². The zero-order valence-electron chi connectivity index (χ0n) is 14.9. The highest BCUT2D eigenvalue weighted by Crippen LogP contribution is 2.35. The lowest BCUT2D eigenvalue weighted by Gasteiger charge is -2.09. The first-order valence-corrected chi connectivity index (χ1v) is 8.91. The van der Waals surface area contributed by atoms with Crippen molar-refractivity contribution in [1.82, 2.24) is 9.78 Å². The van der Waals surface area contributed by atoms with Crippen LogP contribution in [0.1, 0.15) is 5.56 Å². The summed E-state index contributed by atoms with van der Waals surface area (Å²) in [5, 5.41) is 7.58. The van der Waals surface area contributed by atoms with E-state index < -0.39 is 0 Å². The van der Waals surface area contributed by atoms with Gasteiger partial charge in [-0.2, -0.15) is 5.10 Å². The third-order valence-electron chi connectivity index (χ3n) is 4.28. The van der Waals surface area contributed by atoms with Gasteiger partial charge >= 0.3 is 0 Å². The number of carbonyl (C=O) groups excluding carboxylic acids is 1. The number of amides is 1. The monoisotopic (exact) mass is 397 g/mol. The molecule has 0 radical (unpaired) electrons. The van der Waals surface area contributed by atoms with E-state index in [2.05, 4.69) is 10.4 Å². The number of rotatable bonds is 4. The zero-order chi connectivity index (χ0) is 19.7. The first kappa shape index (κ1) is 18.1. The third kappa shape index (κ3) is 3.70. The van der Waals surface area contributed by atoms with E-state index in [0.29, 0.717) is 27.9 Å². The van der Waals surface area contributed by atoms with Crippen molar-refractivity contribution in [3.8, 4) is 22.8 Å². The SMILES string of the molecule is Cc1ccc(NC(=O)Cn2nc(-c3ccc4c(c3)OCO4)ccc2=O)cc1Cl. The van der Waals surface area contributed by atoms with Crippen LogP contribution < -0.4 is 20.3 Å². The largest absolute Gasteiger partial charge is 0.454 e. The molecule has 2 aromatic carbocycles. The number of benzene rings is 2. The maximum Gasteiger partial charge on any atom is 0.267 e. The minimum Gasteiger partial charge on any atom is -0.454 e. The van der Waals surface area contributed by atoms with Crippen molar-refractivity contribution in [3.05, 3.63) is 69.5 Å². The summed E-state index contributed by atoms with van der Waals surface area (Å²) < 4.78 is 11.8. The van der Waals surface area contributed by atoms with Crippen LogP contribution in [0.2, 0.25) is 5.02 Å². The Morgan fingerprint density at radius 2 is 1.96 bits per heavy atom. The number of nitrogens with one attached hydrogen (secondary N) is 1. The lowest BCUT2D eigenvalue weighted by molar-refractivity contribution is -0.117. The molecule has 8 heteroatoms. The Morgan fingerprint density at radius 1 is 1.14 bits per heavy atom. The Labute approximate surface area is 165 Å². The van der Waals surface area contributed by atoms with Gasteiger partial charge in [0, 0.05) is 22.3 Å². The lowest BCUT2D eigenvalue weighted by atomic mass is 10.1. The van der Waals surface area contributed by atoms with Crippen molar-refractivity contribution < 1.29 is 14.3 Å². The molecule has 0 unspecified atom stereocenters. The highest BCUT2D eigenvalue weighted by Gasteiger charge is 2.15. The number of ether oxygens (including phenoxy) is 2. The molecule has 142 valence electrons. The number of carbonyl (C=O) groups is 1. The van der Waals surface area contributed by atoms with Crippen molar-refractivity contribution in [2.24, 2.45) is 0 Å². The summed E-state index contributed by atoms with van der Waals surface area (Å²) in [6, 6.07) is 13.6. The van der Waals surface area contributed by atoms with Crippen molar-refractivity contribution in [2.75, 3.05) is 12.1 Å². The van der Waals surface area contributed by atoms with Gasteiger partial charge in [-0.1, -0.05) is 17.7 Å². The maximum atomic E-state index is 12.3. The fourth-order valence-corrected chi connectivity index (χ4v) is 2.96. The molecular weight excluding hydrogens is 382 g/mol. The topological polar surface area (TPSA) is 82.5 Å². The average molecular weight is 398 g/mol. The molecule has 7 nitrogen and oxygen atoms in total. The zero-order valence-corrected chi connectivity index (χ0v) is 15.7. The summed E-state index contributed by atoms with van der Waals surface area (Å²) >= 11 is 6.07. The van der Waals surface area contributed by atoms with Crippen molar-refractivity contribution in [3.63, 3.8) is 0 Å². The van der Waals surface area contributed by atoms with Crippen molar-refractivity contribution in [1.29, 1.82) is 0 Å². The lowest BCUT2D eigenvalue weighted by Crippen LogP contribution is -2.29. The number of nitrogens with zero attached hydrogens (tertiary/aromatic N) is 2. The van der Waals surface area contributed by atoms with Crippen LogP contribution in [0.5, 0.6) is 11.5 Å². The summed E-state index contributed by atoms with van der Waals surface area (Å²) in [6.07, 6.45) is 0. The summed E-state index contributed by atoms with van der Waals surface area (Å²) in [6.45, 7) is 1.83. The Morgan fingerprint density at radius 3 is 2.79 bits per heavy atom. The van der Waals surface area contributed by atoms with E-state index in [1.807, 2.05) is 19.1 Å². The molecular formula is C20H16ClN3O4. The normalized spacial score (nSPS) is 12.1. The van der Waals surface area contributed by atoms with Crippen LogP contribution >= 0.6 is 11.6 Å². The molecule has 0 saturated carbocycles.